The lowest BCUT2D eigenvalue weighted by Crippen LogP contribution is -2.21. The Labute approximate surface area is 151 Å². The largest absolute Gasteiger partial charge is 0.450 e. The van der Waals surface area contributed by atoms with Gasteiger partial charge in [-0.05, 0) is 43.7 Å². The minimum Gasteiger partial charge on any atom is -0.450 e. The molecule has 3 aromatic rings. The Balaban J connectivity index is 1.61. The first kappa shape index (κ1) is 17.0. The van der Waals surface area contributed by atoms with E-state index in [1.54, 1.807) is 18.3 Å². The van der Waals surface area contributed by atoms with Gasteiger partial charge in [-0.15, -0.1) is 5.10 Å². The fraction of sp³-hybridized carbons (Fsp3) is 0.188. The van der Waals surface area contributed by atoms with E-state index in [0.717, 1.165) is 15.7 Å². The van der Waals surface area contributed by atoms with Gasteiger partial charge in [0.2, 0.25) is 0 Å². The Bertz CT molecular complexity index is 970. The van der Waals surface area contributed by atoms with Crippen molar-refractivity contribution in [3.8, 4) is 0 Å². The molecule has 0 aliphatic heterocycles. The molecule has 0 radical (unpaired) electrons. The van der Waals surface area contributed by atoms with Crippen molar-refractivity contribution in [3.05, 3.63) is 52.0 Å². The molecule has 3 rings (SSSR count). The molecule has 1 amide bonds. The smallest absolute Gasteiger partial charge is 0.378 e. The highest BCUT2D eigenvalue weighted by molar-refractivity contribution is 9.10. The van der Waals surface area contributed by atoms with Crippen molar-refractivity contribution in [2.45, 2.75) is 13.8 Å². The van der Waals surface area contributed by atoms with E-state index in [-0.39, 0.29) is 5.82 Å². The van der Waals surface area contributed by atoms with Gasteiger partial charge in [-0.1, -0.05) is 15.9 Å². The third kappa shape index (κ3) is 3.82. The molecule has 2 heterocycles. The summed E-state index contributed by atoms with van der Waals surface area (Å²) in [5, 5.41) is 6.68. The molecule has 25 heavy (non-hydrogen) atoms. The van der Waals surface area contributed by atoms with Gasteiger partial charge in [-0.2, -0.15) is 4.98 Å². The van der Waals surface area contributed by atoms with Gasteiger partial charge >= 0.3 is 5.97 Å². The van der Waals surface area contributed by atoms with Crippen LogP contribution < -0.4 is 5.32 Å². The number of aryl methyl sites for hydroxylation is 2. The summed E-state index contributed by atoms with van der Waals surface area (Å²) in [6, 6.07) is 7.12. The van der Waals surface area contributed by atoms with Crippen LogP contribution in [0, 0.1) is 13.8 Å². The number of hydrogen-bond donors (Lipinski definition) is 1. The molecule has 0 saturated carbocycles. The first-order chi connectivity index (χ1) is 11.9. The number of esters is 1. The number of carbonyl (C=O) groups is 2. The predicted octanol–water partition coefficient (Wildman–Crippen LogP) is 2.30. The maximum Gasteiger partial charge on any atom is 0.378 e. The molecule has 0 spiro atoms. The molecule has 1 aromatic carbocycles. The minimum absolute atomic E-state index is 0.144. The van der Waals surface area contributed by atoms with Crippen molar-refractivity contribution in [1.82, 2.24) is 19.6 Å². The molecule has 0 atom stereocenters. The zero-order chi connectivity index (χ0) is 18.0. The van der Waals surface area contributed by atoms with Gasteiger partial charge in [-0.25, -0.2) is 14.3 Å². The first-order valence-corrected chi connectivity index (χ1v) is 8.15. The monoisotopic (exact) mass is 403 g/mol. The van der Waals surface area contributed by atoms with Crippen LogP contribution in [0.5, 0.6) is 0 Å². The summed E-state index contributed by atoms with van der Waals surface area (Å²) in [5.74, 6) is -1.09. The molecule has 0 aliphatic rings. The van der Waals surface area contributed by atoms with Crippen LogP contribution in [-0.4, -0.2) is 38.1 Å². The zero-order valence-electron chi connectivity index (χ0n) is 13.5. The van der Waals surface area contributed by atoms with Crippen molar-refractivity contribution in [3.63, 3.8) is 0 Å². The lowest BCUT2D eigenvalue weighted by molar-refractivity contribution is -0.119. The molecule has 0 aliphatic carbocycles. The molecule has 0 unspecified atom stereocenters. The van der Waals surface area contributed by atoms with Crippen LogP contribution in [0.15, 0.2) is 34.9 Å². The molecule has 0 saturated heterocycles. The Morgan fingerprint density at radius 2 is 2.08 bits per heavy atom. The highest BCUT2D eigenvalue weighted by Crippen LogP contribution is 2.19. The average molecular weight is 404 g/mol. The highest BCUT2D eigenvalue weighted by atomic mass is 79.9. The van der Waals surface area contributed by atoms with Gasteiger partial charge in [0.1, 0.15) is 0 Å². The second kappa shape index (κ2) is 6.98. The third-order valence-electron chi connectivity index (χ3n) is 3.39. The number of rotatable bonds is 4. The second-order valence-electron chi connectivity index (χ2n) is 5.32. The van der Waals surface area contributed by atoms with E-state index in [2.05, 4.69) is 36.3 Å². The lowest BCUT2D eigenvalue weighted by atomic mass is 10.2. The Hall–Kier alpha value is -2.81. The third-order valence-corrected chi connectivity index (χ3v) is 4.28. The van der Waals surface area contributed by atoms with E-state index in [9.17, 15) is 9.59 Å². The van der Waals surface area contributed by atoms with E-state index < -0.39 is 18.5 Å². The van der Waals surface area contributed by atoms with Crippen molar-refractivity contribution in [1.29, 1.82) is 0 Å². The summed E-state index contributed by atoms with van der Waals surface area (Å²) in [6.45, 7) is 3.28. The van der Waals surface area contributed by atoms with E-state index >= 15 is 0 Å². The number of aromatic nitrogens is 4. The fourth-order valence-electron chi connectivity index (χ4n) is 2.11. The standard InChI is InChI=1S/C16H14BrN5O3/c1-9-7-11(3-4-12(9)17)19-13(23)8-25-15(24)14-20-16-18-6-5-10(2)22(16)21-14/h3-7H,8H2,1-2H3,(H,19,23). The van der Waals surface area contributed by atoms with Crippen LogP contribution >= 0.6 is 15.9 Å². The number of benzene rings is 1. The van der Waals surface area contributed by atoms with Crippen LogP contribution in [-0.2, 0) is 9.53 Å². The lowest BCUT2D eigenvalue weighted by Gasteiger charge is -2.07. The number of nitrogens with one attached hydrogen (secondary N) is 1. The Kier molecular flexibility index (Phi) is 4.75. The number of fused-ring (bicyclic) bond motifs is 1. The van der Waals surface area contributed by atoms with Crippen LogP contribution in [0.4, 0.5) is 5.69 Å². The number of anilines is 1. The maximum absolute atomic E-state index is 12.0. The van der Waals surface area contributed by atoms with E-state index in [0.29, 0.717) is 11.5 Å². The fourth-order valence-corrected chi connectivity index (χ4v) is 2.35. The summed E-state index contributed by atoms with van der Waals surface area (Å²) >= 11 is 3.39. The average Bonchev–Trinajstić information content (AvgIpc) is 3.02. The second-order valence-corrected chi connectivity index (χ2v) is 6.18. The number of halogens is 1. The summed E-state index contributed by atoms with van der Waals surface area (Å²) in [7, 11) is 0. The number of amides is 1. The van der Waals surface area contributed by atoms with Gasteiger partial charge in [0, 0.05) is 22.1 Å². The van der Waals surface area contributed by atoms with Crippen LogP contribution in [0.3, 0.4) is 0 Å². The minimum atomic E-state index is -0.785. The molecular weight excluding hydrogens is 390 g/mol. The summed E-state index contributed by atoms with van der Waals surface area (Å²) in [5.41, 5.74) is 2.37. The summed E-state index contributed by atoms with van der Waals surface area (Å²) in [6.07, 6.45) is 1.57. The molecule has 9 heteroatoms. The van der Waals surface area contributed by atoms with Gasteiger partial charge in [-0.3, -0.25) is 4.79 Å². The number of nitrogens with zero attached hydrogens (tertiary/aromatic N) is 4. The SMILES string of the molecule is Cc1cc(NC(=O)COC(=O)c2nc3nccc(C)n3n2)ccc1Br. The summed E-state index contributed by atoms with van der Waals surface area (Å²) < 4.78 is 7.33. The van der Waals surface area contributed by atoms with Gasteiger partial charge in [0.05, 0.1) is 0 Å². The van der Waals surface area contributed by atoms with Crippen molar-refractivity contribution in [2.24, 2.45) is 0 Å². The van der Waals surface area contributed by atoms with Crippen molar-refractivity contribution in [2.75, 3.05) is 11.9 Å². The van der Waals surface area contributed by atoms with Crippen molar-refractivity contribution < 1.29 is 14.3 Å². The summed E-state index contributed by atoms with van der Waals surface area (Å²) in [4.78, 5) is 31.9. The van der Waals surface area contributed by atoms with Crippen LogP contribution in [0.1, 0.15) is 21.9 Å². The molecule has 128 valence electrons. The molecular formula is C16H14BrN5O3. The van der Waals surface area contributed by atoms with E-state index in [1.165, 1.54) is 4.52 Å². The van der Waals surface area contributed by atoms with Crippen LogP contribution in [0.25, 0.3) is 5.78 Å². The number of hydrogen-bond acceptors (Lipinski definition) is 6. The van der Waals surface area contributed by atoms with Crippen LogP contribution in [0.2, 0.25) is 0 Å². The number of ether oxygens (including phenoxy) is 1. The van der Waals surface area contributed by atoms with Gasteiger partial charge in [0.25, 0.3) is 17.5 Å². The Morgan fingerprint density at radius 1 is 1.28 bits per heavy atom. The van der Waals surface area contributed by atoms with Gasteiger partial charge < -0.3 is 10.1 Å². The molecule has 0 bridgehead atoms. The molecule has 8 nitrogen and oxygen atoms in total. The van der Waals surface area contributed by atoms with Gasteiger partial charge in [0.15, 0.2) is 6.61 Å². The maximum atomic E-state index is 12.0. The topological polar surface area (TPSA) is 98.5 Å². The predicted molar refractivity (Wildman–Crippen MR) is 93.3 cm³/mol. The molecule has 0 fully saturated rings. The Morgan fingerprint density at radius 3 is 2.80 bits per heavy atom. The normalized spacial score (nSPS) is 10.7. The zero-order valence-corrected chi connectivity index (χ0v) is 15.1. The highest BCUT2D eigenvalue weighted by Gasteiger charge is 2.17. The van der Waals surface area contributed by atoms with E-state index in [4.69, 9.17) is 4.74 Å². The first-order valence-electron chi connectivity index (χ1n) is 7.35. The number of carbonyl (C=O) groups excluding carboxylic acids is 2. The molecule has 1 N–H and O–H groups in total. The van der Waals surface area contributed by atoms with E-state index in [1.807, 2.05) is 26.0 Å². The molecule has 2 aromatic heterocycles. The van der Waals surface area contributed by atoms with Crippen molar-refractivity contribution >= 4 is 39.3 Å². The quantitative estimate of drug-likeness (QED) is 0.671.